The predicted molar refractivity (Wildman–Crippen MR) is 132 cm³/mol. The van der Waals surface area contributed by atoms with Crippen molar-refractivity contribution in [1.82, 2.24) is 15.5 Å². The Bertz CT molecular complexity index is 668. The van der Waals surface area contributed by atoms with Gasteiger partial charge in [0.05, 0.1) is 12.6 Å². The molecule has 1 atom stereocenters. The minimum absolute atomic E-state index is 0.0959. The van der Waals surface area contributed by atoms with Gasteiger partial charge in [-0.05, 0) is 51.5 Å². The predicted octanol–water partition coefficient (Wildman–Crippen LogP) is 4.13. The highest BCUT2D eigenvalue weighted by Crippen LogP contribution is 2.32. The van der Waals surface area contributed by atoms with Crippen molar-refractivity contribution in [3.63, 3.8) is 0 Å². The molecule has 1 saturated heterocycles. The summed E-state index contributed by atoms with van der Waals surface area (Å²) in [5, 5.41) is 7.51. The van der Waals surface area contributed by atoms with Crippen LogP contribution in [0.3, 0.4) is 0 Å². The second kappa shape index (κ2) is 13.2. The van der Waals surface area contributed by atoms with Gasteiger partial charge in [0.2, 0.25) is 0 Å². The third-order valence-corrected chi connectivity index (χ3v) is 6.84. The van der Waals surface area contributed by atoms with Crippen LogP contribution in [0, 0.1) is 0 Å². The van der Waals surface area contributed by atoms with Gasteiger partial charge >= 0.3 is 0 Å². The second-order valence-electron chi connectivity index (χ2n) is 9.34. The summed E-state index contributed by atoms with van der Waals surface area (Å²) in [6, 6.07) is 11.1. The number of rotatable bonds is 11. The Morgan fingerprint density at radius 2 is 1.88 bits per heavy atom. The lowest BCUT2D eigenvalue weighted by molar-refractivity contribution is 0.00988. The molecule has 1 unspecified atom stereocenters. The van der Waals surface area contributed by atoms with Gasteiger partial charge in [0.1, 0.15) is 0 Å². The van der Waals surface area contributed by atoms with Crippen LogP contribution in [0.1, 0.15) is 70.4 Å². The van der Waals surface area contributed by atoms with Crippen molar-refractivity contribution in [2.24, 2.45) is 4.99 Å². The number of benzene rings is 1. The zero-order valence-electron chi connectivity index (χ0n) is 20.4. The maximum atomic E-state index is 6.04. The molecule has 2 N–H and O–H groups in total. The van der Waals surface area contributed by atoms with Gasteiger partial charge in [-0.2, -0.15) is 0 Å². The Kier molecular flexibility index (Phi) is 10.3. The molecule has 6 nitrogen and oxygen atoms in total. The van der Waals surface area contributed by atoms with Crippen LogP contribution in [0.5, 0.6) is 0 Å². The van der Waals surface area contributed by atoms with Gasteiger partial charge in [-0.3, -0.25) is 4.99 Å². The summed E-state index contributed by atoms with van der Waals surface area (Å²) in [7, 11) is 1.74. The zero-order valence-corrected chi connectivity index (χ0v) is 20.4. The Morgan fingerprint density at radius 3 is 2.53 bits per heavy atom. The molecule has 2 aliphatic rings. The standard InChI is InChI=1S/C26H44N4O2/c1-4-27-25(30-17-13-24(14-18-30)32-20-10-19-31-3)28-21-26(15-8-9-16-26)29-22(2)23-11-6-5-7-12-23/h5-7,11-12,22,24,29H,4,8-10,13-21H2,1-3H3,(H,27,28). The van der Waals surface area contributed by atoms with E-state index >= 15 is 0 Å². The first-order valence-electron chi connectivity index (χ1n) is 12.6. The van der Waals surface area contributed by atoms with E-state index in [1.54, 1.807) is 7.11 Å². The van der Waals surface area contributed by atoms with Crippen LogP contribution in [0.4, 0.5) is 0 Å². The van der Waals surface area contributed by atoms with E-state index < -0.39 is 0 Å². The summed E-state index contributed by atoms with van der Waals surface area (Å²) < 4.78 is 11.2. The van der Waals surface area contributed by atoms with Crippen molar-refractivity contribution in [2.45, 2.75) is 76.5 Å². The molecular weight excluding hydrogens is 400 g/mol. The molecule has 180 valence electrons. The average molecular weight is 445 g/mol. The summed E-state index contributed by atoms with van der Waals surface area (Å²) >= 11 is 0. The first kappa shape index (κ1) is 25.0. The highest BCUT2D eigenvalue weighted by atomic mass is 16.5. The summed E-state index contributed by atoms with van der Waals surface area (Å²) in [6.07, 6.45) is 8.42. The molecule has 1 aliphatic heterocycles. The summed E-state index contributed by atoms with van der Waals surface area (Å²) in [5.74, 6) is 1.06. The molecule has 1 heterocycles. The molecule has 1 aromatic carbocycles. The maximum absolute atomic E-state index is 6.04. The van der Waals surface area contributed by atoms with E-state index in [2.05, 4.69) is 59.7 Å². The number of guanidine groups is 1. The molecule has 32 heavy (non-hydrogen) atoms. The van der Waals surface area contributed by atoms with Crippen molar-refractivity contribution < 1.29 is 9.47 Å². The number of piperidine rings is 1. The molecule has 0 bridgehead atoms. The SMILES string of the molecule is CCNC(=NCC1(NC(C)c2ccccc2)CCCC1)N1CCC(OCCCOC)CC1. The summed E-state index contributed by atoms with van der Waals surface area (Å²) in [6.45, 7) is 9.73. The third kappa shape index (κ3) is 7.46. The van der Waals surface area contributed by atoms with Gasteiger partial charge in [-0.15, -0.1) is 0 Å². The fourth-order valence-corrected chi connectivity index (χ4v) is 5.02. The van der Waals surface area contributed by atoms with Crippen LogP contribution >= 0.6 is 0 Å². The van der Waals surface area contributed by atoms with E-state index in [9.17, 15) is 0 Å². The first-order valence-corrected chi connectivity index (χ1v) is 12.6. The van der Waals surface area contributed by atoms with E-state index in [4.69, 9.17) is 14.5 Å². The van der Waals surface area contributed by atoms with Gasteiger partial charge in [0.15, 0.2) is 5.96 Å². The van der Waals surface area contributed by atoms with Crippen molar-refractivity contribution in [1.29, 1.82) is 0 Å². The number of hydrogen-bond acceptors (Lipinski definition) is 4. The summed E-state index contributed by atoms with van der Waals surface area (Å²) in [4.78, 5) is 7.58. The number of methoxy groups -OCH3 is 1. The van der Waals surface area contributed by atoms with Gasteiger partial charge in [-0.25, -0.2) is 0 Å². The molecule has 0 aromatic heterocycles. The lowest BCUT2D eigenvalue weighted by Gasteiger charge is -2.36. The van der Waals surface area contributed by atoms with E-state index in [0.717, 1.165) is 64.6 Å². The van der Waals surface area contributed by atoms with Gasteiger partial charge in [-0.1, -0.05) is 43.2 Å². The number of nitrogens with zero attached hydrogens (tertiary/aromatic N) is 2. The second-order valence-corrected chi connectivity index (χ2v) is 9.34. The van der Waals surface area contributed by atoms with E-state index in [0.29, 0.717) is 12.1 Å². The average Bonchev–Trinajstić information content (AvgIpc) is 3.29. The quantitative estimate of drug-likeness (QED) is 0.305. The lowest BCUT2D eigenvalue weighted by atomic mass is 9.95. The minimum Gasteiger partial charge on any atom is -0.385 e. The van der Waals surface area contributed by atoms with Crippen LogP contribution in [0.25, 0.3) is 0 Å². The van der Waals surface area contributed by atoms with Crippen LogP contribution in [-0.4, -0.2) is 69.0 Å². The van der Waals surface area contributed by atoms with Gasteiger partial charge < -0.3 is 25.0 Å². The molecule has 2 fully saturated rings. The molecule has 3 rings (SSSR count). The van der Waals surface area contributed by atoms with Gasteiger partial charge in [0.25, 0.3) is 0 Å². The molecule has 0 spiro atoms. The number of ether oxygens (including phenoxy) is 2. The Morgan fingerprint density at radius 1 is 1.16 bits per heavy atom. The highest BCUT2D eigenvalue weighted by molar-refractivity contribution is 5.80. The molecule has 0 radical (unpaired) electrons. The van der Waals surface area contributed by atoms with Crippen LogP contribution in [0.15, 0.2) is 35.3 Å². The van der Waals surface area contributed by atoms with Gasteiger partial charge in [0, 0.05) is 51.5 Å². The summed E-state index contributed by atoms with van der Waals surface area (Å²) in [5.41, 5.74) is 1.45. The Hall–Kier alpha value is -1.63. The van der Waals surface area contributed by atoms with Crippen LogP contribution in [0.2, 0.25) is 0 Å². The Labute approximate surface area is 195 Å². The fraction of sp³-hybridized carbons (Fsp3) is 0.731. The minimum atomic E-state index is 0.0959. The fourth-order valence-electron chi connectivity index (χ4n) is 5.02. The van der Waals surface area contributed by atoms with Crippen molar-refractivity contribution in [3.8, 4) is 0 Å². The van der Waals surface area contributed by atoms with Crippen LogP contribution in [-0.2, 0) is 9.47 Å². The topological polar surface area (TPSA) is 58.1 Å². The molecule has 6 heteroatoms. The smallest absolute Gasteiger partial charge is 0.193 e. The number of hydrogen-bond donors (Lipinski definition) is 2. The molecule has 0 amide bonds. The largest absolute Gasteiger partial charge is 0.385 e. The van der Waals surface area contributed by atoms with E-state index in [-0.39, 0.29) is 5.54 Å². The number of likely N-dealkylation sites (tertiary alicyclic amines) is 1. The van der Waals surface area contributed by atoms with E-state index in [1.165, 1.54) is 31.2 Å². The molecule has 1 aliphatic carbocycles. The maximum Gasteiger partial charge on any atom is 0.193 e. The Balaban J connectivity index is 1.57. The molecule has 1 aromatic rings. The lowest BCUT2D eigenvalue weighted by Crippen LogP contribution is -2.50. The normalized spacial score (nSPS) is 20.5. The van der Waals surface area contributed by atoms with Crippen molar-refractivity contribution in [2.75, 3.05) is 46.5 Å². The molecule has 1 saturated carbocycles. The first-order chi connectivity index (χ1) is 15.7. The van der Waals surface area contributed by atoms with E-state index in [1.807, 2.05) is 0 Å². The molecular formula is C26H44N4O2. The number of nitrogens with one attached hydrogen (secondary N) is 2. The monoisotopic (exact) mass is 444 g/mol. The third-order valence-electron chi connectivity index (χ3n) is 6.84. The van der Waals surface area contributed by atoms with Crippen molar-refractivity contribution in [3.05, 3.63) is 35.9 Å². The van der Waals surface area contributed by atoms with Crippen molar-refractivity contribution >= 4 is 5.96 Å². The van der Waals surface area contributed by atoms with Crippen LogP contribution < -0.4 is 10.6 Å². The highest BCUT2D eigenvalue weighted by Gasteiger charge is 2.35. The number of aliphatic imine (C=N–C) groups is 1. The zero-order chi connectivity index (χ0) is 22.7.